The van der Waals surface area contributed by atoms with Gasteiger partial charge in [0.05, 0.1) is 13.1 Å². The Hall–Kier alpha value is -5.36. The second-order valence-corrected chi connectivity index (χ2v) is 14.6. The van der Waals surface area contributed by atoms with Crippen LogP contribution in [0, 0.1) is 0 Å². The quantitative estimate of drug-likeness (QED) is 0.0776. The molecular formula is C46H56N6. The maximum atomic E-state index is 5.12. The average molecular weight is 693 g/mol. The van der Waals surface area contributed by atoms with Gasteiger partial charge in [0.2, 0.25) is 11.9 Å². The van der Waals surface area contributed by atoms with Crippen LogP contribution in [-0.4, -0.2) is 11.9 Å². The summed E-state index contributed by atoms with van der Waals surface area (Å²) in [4.78, 5) is 10.2. The highest BCUT2D eigenvalue weighted by atomic mass is 15.2. The van der Waals surface area contributed by atoms with E-state index in [1.807, 2.05) is 36.4 Å². The van der Waals surface area contributed by atoms with E-state index in [4.69, 9.17) is 9.98 Å². The van der Waals surface area contributed by atoms with Crippen molar-refractivity contribution < 1.29 is 0 Å². The summed E-state index contributed by atoms with van der Waals surface area (Å²) in [7, 11) is 0. The summed E-state index contributed by atoms with van der Waals surface area (Å²) >= 11 is 0. The molecule has 0 unspecified atom stereocenters. The number of aliphatic imine (C=N–C) groups is 2. The van der Waals surface area contributed by atoms with Crippen molar-refractivity contribution in [1.82, 2.24) is 0 Å². The van der Waals surface area contributed by atoms with E-state index >= 15 is 0 Å². The zero-order valence-electron chi connectivity index (χ0n) is 32.2. The summed E-state index contributed by atoms with van der Waals surface area (Å²) in [5, 5.41) is 14.6. The molecule has 6 heteroatoms. The predicted molar refractivity (Wildman–Crippen MR) is 225 cm³/mol. The number of rotatable bonds is 12. The smallest absolute Gasteiger partial charge is 0.200 e. The van der Waals surface area contributed by atoms with Crippen LogP contribution in [0.3, 0.4) is 0 Å². The lowest BCUT2D eigenvalue weighted by atomic mass is 9.93. The third-order valence-corrected chi connectivity index (χ3v) is 9.14. The zero-order valence-corrected chi connectivity index (χ0v) is 32.2. The molecule has 0 saturated carbocycles. The highest BCUT2D eigenvalue weighted by Gasteiger charge is 2.17. The maximum absolute atomic E-state index is 5.12. The molecule has 0 fully saturated rings. The molecule has 0 radical (unpaired) electrons. The van der Waals surface area contributed by atoms with Gasteiger partial charge in [-0.2, -0.15) is 0 Å². The summed E-state index contributed by atoms with van der Waals surface area (Å²) in [5.74, 6) is 2.89. The standard InChI is InChI=1S/C46H56N6/c1-31(2)39-24-16-25-40(32(3)4)43(39)51-45(49-37-20-11-9-12-21-37)47-29-35-18-15-19-36(28-35)30-48-46(50-38-22-13-10-14-23-38)52-44-41(33(5)6)26-17-27-42(44)34(7)8/h9-28,31-34H,29-30H2,1-8H3,(H2,47,49,51)(H2,48,50,52). The fraction of sp³-hybridized carbons (Fsp3) is 0.304. The number of hydrogen-bond acceptors (Lipinski definition) is 2. The van der Waals surface area contributed by atoms with Gasteiger partial charge in [-0.05, 0) is 81.3 Å². The van der Waals surface area contributed by atoms with Gasteiger partial charge >= 0.3 is 0 Å². The van der Waals surface area contributed by atoms with Crippen molar-refractivity contribution >= 4 is 34.7 Å². The number of benzene rings is 5. The third kappa shape index (κ3) is 10.3. The highest BCUT2D eigenvalue weighted by Crippen LogP contribution is 2.34. The van der Waals surface area contributed by atoms with Crippen LogP contribution in [0.25, 0.3) is 0 Å². The van der Waals surface area contributed by atoms with E-state index in [-0.39, 0.29) is 0 Å². The fourth-order valence-corrected chi connectivity index (χ4v) is 6.33. The van der Waals surface area contributed by atoms with Gasteiger partial charge in [-0.25, -0.2) is 9.98 Å². The molecule has 0 saturated heterocycles. The minimum atomic E-state index is 0.364. The number of hydrogen-bond donors (Lipinski definition) is 4. The van der Waals surface area contributed by atoms with Crippen LogP contribution < -0.4 is 21.3 Å². The van der Waals surface area contributed by atoms with E-state index in [1.54, 1.807) is 0 Å². The van der Waals surface area contributed by atoms with Crippen LogP contribution in [0.4, 0.5) is 22.7 Å². The Bertz CT molecular complexity index is 1750. The normalized spacial score (nSPS) is 12.2. The average Bonchev–Trinajstić information content (AvgIpc) is 3.13. The third-order valence-electron chi connectivity index (χ3n) is 9.14. The summed E-state index contributed by atoms with van der Waals surface area (Å²) < 4.78 is 0. The van der Waals surface area contributed by atoms with E-state index in [2.05, 4.69) is 162 Å². The topological polar surface area (TPSA) is 72.8 Å². The number of anilines is 4. The molecule has 0 bridgehead atoms. The molecule has 0 heterocycles. The van der Waals surface area contributed by atoms with Crippen molar-refractivity contribution in [1.29, 1.82) is 0 Å². The Kier molecular flexibility index (Phi) is 13.3. The van der Waals surface area contributed by atoms with Crippen molar-refractivity contribution in [3.05, 3.63) is 155 Å². The second kappa shape index (κ2) is 18.2. The van der Waals surface area contributed by atoms with Crippen molar-refractivity contribution in [2.45, 2.75) is 92.2 Å². The lowest BCUT2D eigenvalue weighted by Gasteiger charge is -2.22. The molecule has 0 aromatic heterocycles. The minimum absolute atomic E-state index is 0.364. The number of para-hydroxylation sites is 4. The molecule has 0 spiro atoms. The van der Waals surface area contributed by atoms with Gasteiger partial charge < -0.3 is 21.3 Å². The molecule has 0 amide bonds. The summed E-state index contributed by atoms with van der Waals surface area (Å²) in [6, 6.07) is 42.2. The molecule has 0 aliphatic carbocycles. The van der Waals surface area contributed by atoms with Crippen LogP contribution in [0.2, 0.25) is 0 Å². The first-order valence-electron chi connectivity index (χ1n) is 18.7. The first-order chi connectivity index (χ1) is 25.1. The summed E-state index contributed by atoms with van der Waals surface area (Å²) in [5.41, 5.74) is 11.6. The molecule has 0 atom stereocenters. The molecular weight excluding hydrogens is 637 g/mol. The molecule has 4 N–H and O–H groups in total. The first kappa shape index (κ1) is 37.9. The lowest BCUT2D eigenvalue weighted by Crippen LogP contribution is -2.24. The molecule has 270 valence electrons. The Morgan fingerprint density at radius 1 is 0.404 bits per heavy atom. The molecule has 5 aromatic carbocycles. The van der Waals surface area contributed by atoms with E-state index in [1.165, 1.54) is 22.3 Å². The van der Waals surface area contributed by atoms with Gasteiger partial charge in [0.1, 0.15) is 0 Å². The van der Waals surface area contributed by atoms with Gasteiger partial charge in [-0.15, -0.1) is 0 Å². The number of nitrogens with one attached hydrogen (secondary N) is 4. The van der Waals surface area contributed by atoms with Gasteiger partial charge in [0.15, 0.2) is 0 Å². The lowest BCUT2D eigenvalue weighted by molar-refractivity contribution is 0.838. The summed E-state index contributed by atoms with van der Waals surface area (Å²) in [6.45, 7) is 18.9. The van der Waals surface area contributed by atoms with E-state index in [0.29, 0.717) is 48.7 Å². The summed E-state index contributed by atoms with van der Waals surface area (Å²) in [6.07, 6.45) is 0. The monoisotopic (exact) mass is 692 g/mol. The Balaban J connectivity index is 1.44. The molecule has 5 rings (SSSR count). The van der Waals surface area contributed by atoms with Crippen LogP contribution in [-0.2, 0) is 13.1 Å². The molecule has 0 aliphatic heterocycles. The Morgan fingerprint density at radius 2 is 0.731 bits per heavy atom. The van der Waals surface area contributed by atoms with Crippen molar-refractivity contribution in [2.75, 3.05) is 21.3 Å². The number of guanidine groups is 2. The van der Waals surface area contributed by atoms with Gasteiger partial charge in [-0.3, -0.25) is 0 Å². The van der Waals surface area contributed by atoms with Crippen molar-refractivity contribution in [3.8, 4) is 0 Å². The van der Waals surface area contributed by atoms with E-state index in [9.17, 15) is 0 Å². The van der Waals surface area contributed by atoms with Gasteiger partial charge in [0.25, 0.3) is 0 Å². The Labute approximate surface area is 311 Å². The molecule has 0 aliphatic rings. The Morgan fingerprint density at radius 3 is 1.06 bits per heavy atom. The SMILES string of the molecule is CC(C)c1cccc(C(C)C)c1NC(=NCc1cccc(CN=C(Nc2ccccc2)Nc2c(C(C)C)cccc2C(C)C)c1)Nc1ccccc1. The largest absolute Gasteiger partial charge is 0.326 e. The fourth-order valence-electron chi connectivity index (χ4n) is 6.33. The van der Waals surface area contributed by atoms with Crippen molar-refractivity contribution in [3.63, 3.8) is 0 Å². The predicted octanol–water partition coefficient (Wildman–Crippen LogP) is 12.3. The van der Waals surface area contributed by atoms with Crippen LogP contribution in [0.15, 0.2) is 131 Å². The minimum Gasteiger partial charge on any atom is -0.326 e. The highest BCUT2D eigenvalue weighted by molar-refractivity contribution is 6.05. The van der Waals surface area contributed by atoms with E-state index < -0.39 is 0 Å². The van der Waals surface area contributed by atoms with Gasteiger partial charge in [-0.1, -0.05) is 152 Å². The van der Waals surface area contributed by atoms with Crippen LogP contribution >= 0.6 is 0 Å². The van der Waals surface area contributed by atoms with Crippen LogP contribution in [0.1, 0.15) is 112 Å². The van der Waals surface area contributed by atoms with Crippen LogP contribution in [0.5, 0.6) is 0 Å². The number of nitrogens with zero attached hydrogens (tertiary/aromatic N) is 2. The molecule has 6 nitrogen and oxygen atoms in total. The first-order valence-corrected chi connectivity index (χ1v) is 18.7. The molecule has 52 heavy (non-hydrogen) atoms. The van der Waals surface area contributed by atoms with E-state index in [0.717, 1.165) is 33.9 Å². The molecule has 5 aromatic rings. The maximum Gasteiger partial charge on any atom is 0.200 e. The van der Waals surface area contributed by atoms with Gasteiger partial charge in [0, 0.05) is 22.7 Å². The van der Waals surface area contributed by atoms with Crippen molar-refractivity contribution in [2.24, 2.45) is 9.98 Å². The zero-order chi connectivity index (χ0) is 37.0. The second-order valence-electron chi connectivity index (χ2n) is 14.6.